The van der Waals surface area contributed by atoms with E-state index in [0.717, 1.165) is 44.7 Å². The summed E-state index contributed by atoms with van der Waals surface area (Å²) in [5.74, 6) is 0.741. The third-order valence-electron chi connectivity index (χ3n) is 5.49. The molecule has 0 fully saturated rings. The van der Waals surface area contributed by atoms with E-state index in [2.05, 4.69) is 15.6 Å². The maximum absolute atomic E-state index is 12.5. The van der Waals surface area contributed by atoms with Crippen molar-refractivity contribution in [3.63, 3.8) is 0 Å². The maximum atomic E-state index is 12.5. The molecule has 1 aliphatic rings. The Hall–Kier alpha value is -3.41. The Morgan fingerprint density at radius 3 is 2.87 bits per heavy atom. The summed E-state index contributed by atoms with van der Waals surface area (Å²) in [7, 11) is 0. The van der Waals surface area contributed by atoms with E-state index < -0.39 is 0 Å². The van der Waals surface area contributed by atoms with Gasteiger partial charge in [0.2, 0.25) is 11.8 Å². The highest BCUT2D eigenvalue weighted by Gasteiger charge is 2.15. The first-order valence-electron chi connectivity index (χ1n) is 10.2. The Kier molecular flexibility index (Phi) is 5.65. The fraction of sp³-hybridized carbons (Fsp3) is 0.292. The van der Waals surface area contributed by atoms with E-state index in [0.29, 0.717) is 32.4 Å². The van der Waals surface area contributed by atoms with Gasteiger partial charge in [0.05, 0.1) is 18.5 Å². The summed E-state index contributed by atoms with van der Waals surface area (Å²) in [6.45, 7) is 4.79. The minimum absolute atomic E-state index is 0.0463. The van der Waals surface area contributed by atoms with Crippen LogP contribution in [0.5, 0.6) is 5.75 Å². The molecule has 0 atom stereocenters. The van der Waals surface area contributed by atoms with Gasteiger partial charge in [-0.3, -0.25) is 14.6 Å². The van der Waals surface area contributed by atoms with Crippen molar-refractivity contribution >= 4 is 28.4 Å². The fourth-order valence-corrected chi connectivity index (χ4v) is 3.86. The third kappa shape index (κ3) is 4.27. The first kappa shape index (κ1) is 19.9. The molecule has 0 bridgehead atoms. The van der Waals surface area contributed by atoms with Gasteiger partial charge in [0, 0.05) is 23.2 Å². The zero-order chi connectivity index (χ0) is 21.1. The van der Waals surface area contributed by atoms with Crippen LogP contribution in [-0.4, -0.2) is 29.9 Å². The number of nitrogens with zero attached hydrogens (tertiary/aromatic N) is 1. The first-order chi connectivity index (χ1) is 14.5. The fourth-order valence-electron chi connectivity index (χ4n) is 3.86. The zero-order valence-corrected chi connectivity index (χ0v) is 17.2. The van der Waals surface area contributed by atoms with Crippen LogP contribution >= 0.6 is 0 Å². The molecule has 3 aromatic rings. The van der Waals surface area contributed by atoms with Crippen LogP contribution in [0.25, 0.3) is 10.9 Å². The lowest BCUT2D eigenvalue weighted by atomic mass is 9.99. The standard InChI is InChI=1S/C24H25N3O3/c1-15-19-5-3-4-6-22(19)26-16(2)20(15)14-24(29)25-11-12-30-18-8-9-21-17(13-18)7-10-23(28)27-21/h3-6,8-9,13H,7,10-12,14H2,1-2H3,(H,25,29)(H,27,28). The Morgan fingerprint density at radius 2 is 2.00 bits per heavy atom. The maximum Gasteiger partial charge on any atom is 0.224 e. The zero-order valence-electron chi connectivity index (χ0n) is 17.2. The predicted molar refractivity (Wildman–Crippen MR) is 117 cm³/mol. The van der Waals surface area contributed by atoms with E-state index in [1.54, 1.807) is 0 Å². The normalized spacial score (nSPS) is 12.9. The number of pyridine rings is 1. The van der Waals surface area contributed by atoms with Crippen molar-refractivity contribution in [3.8, 4) is 5.75 Å². The van der Waals surface area contributed by atoms with E-state index in [1.165, 1.54) is 0 Å². The summed E-state index contributed by atoms with van der Waals surface area (Å²) >= 11 is 0. The van der Waals surface area contributed by atoms with Crippen LogP contribution in [0.4, 0.5) is 5.69 Å². The molecule has 2 aromatic carbocycles. The highest BCUT2D eigenvalue weighted by Crippen LogP contribution is 2.27. The van der Waals surface area contributed by atoms with Gasteiger partial charge in [0.25, 0.3) is 0 Å². The van der Waals surface area contributed by atoms with Gasteiger partial charge in [-0.2, -0.15) is 0 Å². The summed E-state index contributed by atoms with van der Waals surface area (Å²) in [6.07, 6.45) is 1.51. The predicted octanol–water partition coefficient (Wildman–Crippen LogP) is 3.47. The summed E-state index contributed by atoms with van der Waals surface area (Å²) < 4.78 is 5.76. The Bertz CT molecular complexity index is 1120. The molecule has 0 unspecified atom stereocenters. The van der Waals surface area contributed by atoms with Crippen LogP contribution in [0.1, 0.15) is 28.8 Å². The van der Waals surface area contributed by atoms with Gasteiger partial charge in [0.1, 0.15) is 12.4 Å². The highest BCUT2D eigenvalue weighted by molar-refractivity contribution is 5.94. The molecule has 0 aliphatic carbocycles. The Labute approximate surface area is 175 Å². The molecule has 6 heteroatoms. The Morgan fingerprint density at radius 1 is 1.17 bits per heavy atom. The van der Waals surface area contributed by atoms with Crippen molar-refractivity contribution in [2.24, 2.45) is 0 Å². The molecule has 6 nitrogen and oxygen atoms in total. The van der Waals surface area contributed by atoms with E-state index in [1.807, 2.05) is 56.3 Å². The number of carbonyl (C=O) groups is 2. The third-order valence-corrected chi connectivity index (χ3v) is 5.49. The molecule has 2 amide bonds. The number of carbonyl (C=O) groups excluding carboxylic acids is 2. The number of hydrogen-bond acceptors (Lipinski definition) is 4. The van der Waals surface area contributed by atoms with Crippen LogP contribution in [0.3, 0.4) is 0 Å². The number of para-hydroxylation sites is 1. The molecular formula is C24H25N3O3. The monoisotopic (exact) mass is 403 g/mol. The van der Waals surface area contributed by atoms with E-state index >= 15 is 0 Å². The van der Waals surface area contributed by atoms with Gasteiger partial charge in [-0.05, 0) is 61.2 Å². The molecular weight excluding hydrogens is 378 g/mol. The number of amides is 2. The number of nitrogens with one attached hydrogen (secondary N) is 2. The van der Waals surface area contributed by atoms with Crippen LogP contribution < -0.4 is 15.4 Å². The number of fused-ring (bicyclic) bond motifs is 2. The molecule has 30 heavy (non-hydrogen) atoms. The second-order valence-corrected chi connectivity index (χ2v) is 7.56. The second-order valence-electron chi connectivity index (χ2n) is 7.56. The van der Waals surface area contributed by atoms with E-state index in [-0.39, 0.29) is 11.8 Å². The van der Waals surface area contributed by atoms with Crippen LogP contribution in [0.2, 0.25) is 0 Å². The van der Waals surface area contributed by atoms with Crippen molar-refractivity contribution in [2.45, 2.75) is 33.1 Å². The molecule has 154 valence electrons. The number of ether oxygens (including phenoxy) is 1. The number of anilines is 1. The number of aryl methyl sites for hydroxylation is 3. The van der Waals surface area contributed by atoms with Crippen molar-refractivity contribution < 1.29 is 14.3 Å². The van der Waals surface area contributed by atoms with E-state index in [4.69, 9.17) is 4.74 Å². The molecule has 1 aliphatic heterocycles. The van der Waals surface area contributed by atoms with Gasteiger partial charge >= 0.3 is 0 Å². The van der Waals surface area contributed by atoms with Crippen LogP contribution in [-0.2, 0) is 22.4 Å². The van der Waals surface area contributed by atoms with Crippen LogP contribution in [0, 0.1) is 13.8 Å². The molecule has 0 radical (unpaired) electrons. The van der Waals surface area contributed by atoms with Crippen LogP contribution in [0.15, 0.2) is 42.5 Å². The molecule has 0 saturated heterocycles. The summed E-state index contributed by atoms with van der Waals surface area (Å²) in [5.41, 5.74) is 5.84. The lowest BCUT2D eigenvalue weighted by molar-refractivity contribution is -0.120. The Balaban J connectivity index is 1.31. The molecule has 0 spiro atoms. The number of benzene rings is 2. The number of aromatic nitrogens is 1. The minimum Gasteiger partial charge on any atom is -0.492 e. The quantitative estimate of drug-likeness (QED) is 0.618. The number of rotatable bonds is 6. The molecule has 1 aromatic heterocycles. The average Bonchev–Trinajstić information content (AvgIpc) is 2.74. The van der Waals surface area contributed by atoms with Crippen molar-refractivity contribution in [1.82, 2.24) is 10.3 Å². The molecule has 0 saturated carbocycles. The SMILES string of the molecule is Cc1nc2ccccc2c(C)c1CC(=O)NCCOc1ccc2c(c1)CCC(=O)N2. The lowest BCUT2D eigenvalue weighted by Crippen LogP contribution is -2.30. The smallest absolute Gasteiger partial charge is 0.224 e. The average molecular weight is 403 g/mol. The number of hydrogen-bond donors (Lipinski definition) is 2. The highest BCUT2D eigenvalue weighted by atomic mass is 16.5. The first-order valence-corrected chi connectivity index (χ1v) is 10.2. The van der Waals surface area contributed by atoms with Crippen molar-refractivity contribution in [2.75, 3.05) is 18.5 Å². The molecule has 2 N–H and O–H groups in total. The second kappa shape index (κ2) is 8.53. The molecule has 4 rings (SSSR count). The van der Waals surface area contributed by atoms with Gasteiger partial charge in [-0.1, -0.05) is 18.2 Å². The van der Waals surface area contributed by atoms with Crippen molar-refractivity contribution in [3.05, 3.63) is 64.8 Å². The molecule has 2 heterocycles. The topological polar surface area (TPSA) is 80.3 Å². The minimum atomic E-state index is -0.0463. The summed E-state index contributed by atoms with van der Waals surface area (Å²) in [4.78, 5) is 28.5. The van der Waals surface area contributed by atoms with Crippen molar-refractivity contribution in [1.29, 1.82) is 0 Å². The van der Waals surface area contributed by atoms with Gasteiger partial charge in [0.15, 0.2) is 0 Å². The largest absolute Gasteiger partial charge is 0.492 e. The van der Waals surface area contributed by atoms with Gasteiger partial charge in [-0.25, -0.2) is 0 Å². The van der Waals surface area contributed by atoms with Gasteiger partial charge < -0.3 is 15.4 Å². The lowest BCUT2D eigenvalue weighted by Gasteiger charge is -2.17. The summed E-state index contributed by atoms with van der Waals surface area (Å²) in [6, 6.07) is 13.6. The van der Waals surface area contributed by atoms with Gasteiger partial charge in [-0.15, -0.1) is 0 Å². The summed E-state index contributed by atoms with van der Waals surface area (Å²) in [5, 5.41) is 6.86. The van der Waals surface area contributed by atoms with E-state index in [9.17, 15) is 9.59 Å².